The fraction of sp³-hybridized carbons (Fsp3) is 0.154. The first-order valence-electron chi connectivity index (χ1n) is 5.08. The van der Waals surface area contributed by atoms with Gasteiger partial charge < -0.3 is 4.42 Å². The van der Waals surface area contributed by atoms with Crippen molar-refractivity contribution in [2.75, 3.05) is 0 Å². The molecule has 1 aromatic heterocycles. The van der Waals surface area contributed by atoms with E-state index in [-0.39, 0.29) is 18.0 Å². The number of halogens is 2. The molecule has 4 heteroatoms. The van der Waals surface area contributed by atoms with Gasteiger partial charge in [-0.05, 0) is 36.8 Å². The molecule has 1 heterocycles. The molecule has 0 N–H and O–H groups in total. The Morgan fingerprint density at radius 2 is 2.12 bits per heavy atom. The van der Waals surface area contributed by atoms with Gasteiger partial charge in [0.1, 0.15) is 17.8 Å². The second kappa shape index (κ2) is 4.84. The Hall–Kier alpha value is -1.42. The van der Waals surface area contributed by atoms with E-state index in [1.54, 1.807) is 19.1 Å². The van der Waals surface area contributed by atoms with Crippen LogP contribution in [0.2, 0.25) is 0 Å². The first kappa shape index (κ1) is 12.0. The number of hydrogen-bond donors (Lipinski definition) is 0. The summed E-state index contributed by atoms with van der Waals surface area (Å²) in [4.78, 5) is 11.9. The lowest BCUT2D eigenvalue weighted by molar-refractivity contribution is 0.0992. The number of rotatable bonds is 3. The molecule has 2 aromatic rings. The molecule has 0 bridgehead atoms. The number of carbonyl (C=O) groups excluding carboxylic acids is 1. The monoisotopic (exact) mass is 296 g/mol. The van der Waals surface area contributed by atoms with Crippen LogP contribution < -0.4 is 0 Å². The third-order valence-electron chi connectivity index (χ3n) is 2.34. The van der Waals surface area contributed by atoms with Crippen molar-refractivity contribution >= 4 is 21.7 Å². The van der Waals surface area contributed by atoms with E-state index in [4.69, 9.17) is 4.42 Å². The SMILES string of the molecule is Cc1cc(C(=O)Cc2cc(F)cc(Br)c2)co1. The lowest BCUT2D eigenvalue weighted by atomic mass is 10.1. The Balaban J connectivity index is 2.18. The van der Waals surface area contributed by atoms with Crippen LogP contribution in [0.3, 0.4) is 0 Å². The summed E-state index contributed by atoms with van der Waals surface area (Å²) < 4.78 is 18.8. The molecule has 0 fully saturated rings. The fourth-order valence-electron chi connectivity index (χ4n) is 1.59. The summed E-state index contributed by atoms with van der Waals surface area (Å²) in [7, 11) is 0. The van der Waals surface area contributed by atoms with Crippen molar-refractivity contribution in [3.63, 3.8) is 0 Å². The third kappa shape index (κ3) is 3.03. The number of furan rings is 1. The van der Waals surface area contributed by atoms with E-state index in [1.807, 2.05) is 0 Å². The van der Waals surface area contributed by atoms with Crippen LogP contribution in [-0.4, -0.2) is 5.78 Å². The van der Waals surface area contributed by atoms with E-state index in [0.29, 0.717) is 21.4 Å². The molecule has 0 aliphatic rings. The van der Waals surface area contributed by atoms with Crippen LogP contribution >= 0.6 is 15.9 Å². The lowest BCUT2D eigenvalue weighted by Crippen LogP contribution is -2.02. The normalized spacial score (nSPS) is 10.5. The topological polar surface area (TPSA) is 30.2 Å². The van der Waals surface area contributed by atoms with Crippen LogP contribution in [0.4, 0.5) is 4.39 Å². The highest BCUT2D eigenvalue weighted by atomic mass is 79.9. The van der Waals surface area contributed by atoms with Gasteiger partial charge in [0, 0.05) is 10.9 Å². The minimum absolute atomic E-state index is 0.0839. The number of benzene rings is 1. The molecule has 0 aliphatic heterocycles. The zero-order valence-electron chi connectivity index (χ0n) is 9.17. The number of aryl methyl sites for hydroxylation is 1. The second-order valence-corrected chi connectivity index (χ2v) is 4.74. The Bertz CT molecular complexity index is 540. The van der Waals surface area contributed by atoms with Crippen LogP contribution in [0.15, 0.2) is 39.4 Å². The van der Waals surface area contributed by atoms with Crippen molar-refractivity contribution < 1.29 is 13.6 Å². The number of Topliss-reactive ketones (excluding diaryl/α,β-unsaturated/α-hetero) is 1. The van der Waals surface area contributed by atoms with Crippen molar-refractivity contribution in [1.29, 1.82) is 0 Å². The molecule has 0 unspecified atom stereocenters. The summed E-state index contributed by atoms with van der Waals surface area (Å²) in [5, 5.41) is 0. The Morgan fingerprint density at radius 1 is 1.35 bits per heavy atom. The summed E-state index contributed by atoms with van der Waals surface area (Å²) in [6, 6.07) is 6.12. The van der Waals surface area contributed by atoms with Crippen LogP contribution in [0.5, 0.6) is 0 Å². The van der Waals surface area contributed by atoms with E-state index >= 15 is 0 Å². The Kier molecular flexibility index (Phi) is 3.43. The molecule has 0 atom stereocenters. The van der Waals surface area contributed by atoms with Gasteiger partial charge in [0.25, 0.3) is 0 Å². The highest BCUT2D eigenvalue weighted by Gasteiger charge is 2.10. The molecule has 0 amide bonds. The van der Waals surface area contributed by atoms with Crippen LogP contribution in [0.1, 0.15) is 21.7 Å². The molecule has 0 saturated heterocycles. The summed E-state index contributed by atoms with van der Waals surface area (Å²) in [6.45, 7) is 1.77. The average molecular weight is 297 g/mol. The van der Waals surface area contributed by atoms with E-state index in [9.17, 15) is 9.18 Å². The first-order chi connectivity index (χ1) is 8.04. The third-order valence-corrected chi connectivity index (χ3v) is 2.80. The van der Waals surface area contributed by atoms with Gasteiger partial charge in [-0.2, -0.15) is 0 Å². The van der Waals surface area contributed by atoms with Gasteiger partial charge in [-0.3, -0.25) is 4.79 Å². The molecule has 0 aliphatic carbocycles. The lowest BCUT2D eigenvalue weighted by Gasteiger charge is -2.00. The minimum Gasteiger partial charge on any atom is -0.469 e. The molecule has 1 aromatic carbocycles. The van der Waals surface area contributed by atoms with Crippen molar-refractivity contribution in [2.45, 2.75) is 13.3 Å². The summed E-state index contributed by atoms with van der Waals surface area (Å²) >= 11 is 3.19. The molecule has 17 heavy (non-hydrogen) atoms. The molecular formula is C13H10BrFO2. The summed E-state index contributed by atoms with van der Waals surface area (Å²) in [5.74, 6) is 0.249. The van der Waals surface area contributed by atoms with Gasteiger partial charge in [0.15, 0.2) is 5.78 Å². The maximum atomic E-state index is 13.1. The summed E-state index contributed by atoms with van der Waals surface area (Å²) in [5.41, 5.74) is 1.16. The van der Waals surface area contributed by atoms with Gasteiger partial charge >= 0.3 is 0 Å². The second-order valence-electron chi connectivity index (χ2n) is 3.82. The fourth-order valence-corrected chi connectivity index (χ4v) is 2.10. The number of hydrogen-bond acceptors (Lipinski definition) is 2. The van der Waals surface area contributed by atoms with Crippen LogP contribution in [0, 0.1) is 12.7 Å². The predicted octanol–water partition coefficient (Wildman–Crippen LogP) is 3.92. The van der Waals surface area contributed by atoms with Gasteiger partial charge in [-0.15, -0.1) is 0 Å². The highest BCUT2D eigenvalue weighted by molar-refractivity contribution is 9.10. The van der Waals surface area contributed by atoms with Crippen molar-refractivity contribution in [1.82, 2.24) is 0 Å². The largest absolute Gasteiger partial charge is 0.469 e. The molecule has 0 saturated carbocycles. The van der Waals surface area contributed by atoms with Crippen LogP contribution in [0.25, 0.3) is 0 Å². The summed E-state index contributed by atoms with van der Waals surface area (Å²) in [6.07, 6.45) is 1.58. The highest BCUT2D eigenvalue weighted by Crippen LogP contribution is 2.17. The average Bonchev–Trinajstić information content (AvgIpc) is 2.63. The molecule has 2 rings (SSSR count). The molecular weight excluding hydrogens is 287 g/mol. The van der Waals surface area contributed by atoms with E-state index in [0.717, 1.165) is 0 Å². The smallest absolute Gasteiger partial charge is 0.170 e. The minimum atomic E-state index is -0.356. The maximum Gasteiger partial charge on any atom is 0.170 e. The van der Waals surface area contributed by atoms with Crippen molar-refractivity contribution in [3.05, 3.63) is 57.7 Å². The van der Waals surface area contributed by atoms with Gasteiger partial charge in [0.05, 0.1) is 5.56 Å². The molecule has 0 spiro atoms. The van der Waals surface area contributed by atoms with Gasteiger partial charge in [-0.25, -0.2) is 4.39 Å². The number of carbonyl (C=O) groups is 1. The molecule has 88 valence electrons. The quantitative estimate of drug-likeness (QED) is 0.804. The van der Waals surface area contributed by atoms with Gasteiger partial charge in [0.2, 0.25) is 0 Å². The van der Waals surface area contributed by atoms with E-state index in [2.05, 4.69) is 15.9 Å². The van der Waals surface area contributed by atoms with Gasteiger partial charge in [-0.1, -0.05) is 15.9 Å². The first-order valence-corrected chi connectivity index (χ1v) is 5.87. The maximum absolute atomic E-state index is 13.1. The van der Waals surface area contributed by atoms with Crippen molar-refractivity contribution in [3.8, 4) is 0 Å². The van der Waals surface area contributed by atoms with Crippen molar-refractivity contribution in [2.24, 2.45) is 0 Å². The Labute approximate surface area is 107 Å². The molecule has 2 nitrogen and oxygen atoms in total. The Morgan fingerprint density at radius 3 is 2.71 bits per heavy atom. The molecule has 0 radical (unpaired) electrons. The predicted molar refractivity (Wildman–Crippen MR) is 65.6 cm³/mol. The standard InChI is InChI=1S/C13H10BrFO2/c1-8-2-10(7-17-8)13(16)5-9-3-11(14)6-12(15)4-9/h2-4,6-7H,5H2,1H3. The van der Waals surface area contributed by atoms with E-state index < -0.39 is 0 Å². The zero-order valence-corrected chi connectivity index (χ0v) is 10.8. The van der Waals surface area contributed by atoms with E-state index in [1.165, 1.54) is 18.4 Å². The zero-order chi connectivity index (χ0) is 12.4. The number of ketones is 1. The van der Waals surface area contributed by atoms with Crippen LogP contribution in [-0.2, 0) is 6.42 Å².